The van der Waals surface area contributed by atoms with Gasteiger partial charge in [-0.25, -0.2) is 0 Å². The maximum absolute atomic E-state index is 8.66. The van der Waals surface area contributed by atoms with E-state index in [2.05, 4.69) is 17.0 Å². The number of amidine groups is 1. The van der Waals surface area contributed by atoms with Gasteiger partial charge in [-0.15, -0.1) is 0 Å². The smallest absolute Gasteiger partial charge is 0.170 e. The monoisotopic (exact) mass is 265 g/mol. The van der Waals surface area contributed by atoms with Crippen molar-refractivity contribution in [1.82, 2.24) is 4.90 Å². The zero-order valence-corrected chi connectivity index (χ0v) is 11.7. The standard InChI is InChI=1S/C14H23N3O2/c1-3-8-19-9-7-17(2)11-12-5-4-6-13(10-12)14(15)16-18/h4-6,10,18H,3,7-9,11H2,1-2H3,(H2,15,16). The van der Waals surface area contributed by atoms with Crippen LogP contribution in [0.2, 0.25) is 0 Å². The van der Waals surface area contributed by atoms with E-state index in [4.69, 9.17) is 15.7 Å². The van der Waals surface area contributed by atoms with Gasteiger partial charge >= 0.3 is 0 Å². The minimum Gasteiger partial charge on any atom is -0.409 e. The van der Waals surface area contributed by atoms with E-state index in [-0.39, 0.29) is 5.84 Å². The van der Waals surface area contributed by atoms with Crippen LogP contribution in [-0.4, -0.2) is 42.7 Å². The quantitative estimate of drug-likeness (QED) is 0.246. The first-order chi connectivity index (χ1) is 9.17. The largest absolute Gasteiger partial charge is 0.409 e. The number of rotatable bonds is 8. The number of nitrogens with zero attached hydrogens (tertiary/aromatic N) is 2. The lowest BCUT2D eigenvalue weighted by molar-refractivity contribution is 0.110. The highest BCUT2D eigenvalue weighted by Gasteiger charge is 2.03. The number of hydrogen-bond acceptors (Lipinski definition) is 4. The first-order valence-electron chi connectivity index (χ1n) is 6.50. The van der Waals surface area contributed by atoms with Crippen LogP contribution < -0.4 is 5.73 Å². The average Bonchev–Trinajstić information content (AvgIpc) is 2.43. The lowest BCUT2D eigenvalue weighted by Gasteiger charge is -2.17. The fraction of sp³-hybridized carbons (Fsp3) is 0.500. The summed E-state index contributed by atoms with van der Waals surface area (Å²) in [5.74, 6) is 0.135. The zero-order valence-electron chi connectivity index (χ0n) is 11.7. The van der Waals surface area contributed by atoms with Crippen LogP contribution in [0.15, 0.2) is 29.4 Å². The van der Waals surface area contributed by atoms with E-state index in [1.807, 2.05) is 31.3 Å². The third-order valence-corrected chi connectivity index (χ3v) is 2.75. The van der Waals surface area contributed by atoms with Gasteiger partial charge < -0.3 is 15.7 Å². The summed E-state index contributed by atoms with van der Waals surface area (Å²) in [7, 11) is 2.05. The third-order valence-electron chi connectivity index (χ3n) is 2.75. The molecule has 0 saturated carbocycles. The van der Waals surface area contributed by atoms with Gasteiger partial charge in [0, 0.05) is 25.3 Å². The molecule has 0 aliphatic carbocycles. The van der Waals surface area contributed by atoms with E-state index in [9.17, 15) is 0 Å². The molecule has 1 rings (SSSR count). The van der Waals surface area contributed by atoms with Crippen LogP contribution in [0, 0.1) is 0 Å². The van der Waals surface area contributed by atoms with E-state index in [1.54, 1.807) is 0 Å². The van der Waals surface area contributed by atoms with Crippen LogP contribution in [0.5, 0.6) is 0 Å². The summed E-state index contributed by atoms with van der Waals surface area (Å²) in [4.78, 5) is 2.18. The molecule has 0 heterocycles. The third kappa shape index (κ3) is 5.72. The number of oxime groups is 1. The van der Waals surface area contributed by atoms with Crippen molar-refractivity contribution in [1.29, 1.82) is 0 Å². The summed E-state index contributed by atoms with van der Waals surface area (Å²) >= 11 is 0. The van der Waals surface area contributed by atoms with Crippen LogP contribution in [0.4, 0.5) is 0 Å². The highest BCUT2D eigenvalue weighted by molar-refractivity contribution is 5.97. The molecule has 106 valence electrons. The Bertz CT molecular complexity index is 407. The molecule has 19 heavy (non-hydrogen) atoms. The Labute approximate surface area is 114 Å². The van der Waals surface area contributed by atoms with Crippen LogP contribution in [0.25, 0.3) is 0 Å². The Morgan fingerprint density at radius 2 is 2.21 bits per heavy atom. The molecule has 5 heteroatoms. The highest BCUT2D eigenvalue weighted by atomic mass is 16.5. The molecule has 0 saturated heterocycles. The second-order valence-electron chi connectivity index (χ2n) is 4.54. The second kappa shape index (κ2) is 8.50. The Kier molecular flexibility index (Phi) is 6.92. The van der Waals surface area contributed by atoms with Gasteiger partial charge in [-0.05, 0) is 25.1 Å². The zero-order chi connectivity index (χ0) is 14.1. The lowest BCUT2D eigenvalue weighted by Crippen LogP contribution is -2.23. The molecule has 0 aromatic heterocycles. The summed E-state index contributed by atoms with van der Waals surface area (Å²) in [5.41, 5.74) is 7.43. The van der Waals surface area contributed by atoms with Gasteiger partial charge in [-0.2, -0.15) is 0 Å². The number of ether oxygens (including phenoxy) is 1. The Hall–Kier alpha value is -1.59. The van der Waals surface area contributed by atoms with Crippen molar-refractivity contribution in [3.8, 4) is 0 Å². The summed E-state index contributed by atoms with van der Waals surface area (Å²) in [6, 6.07) is 7.68. The molecule has 5 nitrogen and oxygen atoms in total. The van der Waals surface area contributed by atoms with Gasteiger partial charge in [-0.3, -0.25) is 4.90 Å². The number of benzene rings is 1. The van der Waals surface area contributed by atoms with Crippen LogP contribution in [0.1, 0.15) is 24.5 Å². The summed E-state index contributed by atoms with van der Waals surface area (Å²) in [6.07, 6.45) is 1.05. The van der Waals surface area contributed by atoms with E-state index < -0.39 is 0 Å². The summed E-state index contributed by atoms with van der Waals surface area (Å²) < 4.78 is 5.46. The molecule has 0 unspecified atom stereocenters. The highest BCUT2D eigenvalue weighted by Crippen LogP contribution is 2.07. The molecule has 0 amide bonds. The predicted octanol–water partition coefficient (Wildman–Crippen LogP) is 1.64. The van der Waals surface area contributed by atoms with Crippen LogP contribution in [-0.2, 0) is 11.3 Å². The first-order valence-corrected chi connectivity index (χ1v) is 6.50. The Morgan fingerprint density at radius 3 is 2.89 bits per heavy atom. The maximum atomic E-state index is 8.66. The molecule has 0 radical (unpaired) electrons. The van der Waals surface area contributed by atoms with Crippen LogP contribution in [0.3, 0.4) is 0 Å². The topological polar surface area (TPSA) is 71.1 Å². The molecular weight excluding hydrogens is 242 g/mol. The normalized spacial score (nSPS) is 12.1. The van der Waals surface area contributed by atoms with E-state index >= 15 is 0 Å². The fourth-order valence-corrected chi connectivity index (χ4v) is 1.74. The molecule has 1 aromatic carbocycles. The minimum atomic E-state index is 0.135. The van der Waals surface area contributed by atoms with Gasteiger partial charge in [0.05, 0.1) is 6.61 Å². The van der Waals surface area contributed by atoms with Crippen molar-refractivity contribution < 1.29 is 9.94 Å². The number of hydrogen-bond donors (Lipinski definition) is 2. The molecule has 0 aliphatic heterocycles. The number of nitrogens with two attached hydrogens (primary N) is 1. The molecule has 0 atom stereocenters. The molecule has 0 fully saturated rings. The van der Waals surface area contributed by atoms with Crippen LogP contribution >= 0.6 is 0 Å². The van der Waals surface area contributed by atoms with Crippen molar-refractivity contribution in [2.24, 2.45) is 10.9 Å². The lowest BCUT2D eigenvalue weighted by atomic mass is 10.1. The van der Waals surface area contributed by atoms with Gasteiger partial charge in [0.2, 0.25) is 0 Å². The maximum Gasteiger partial charge on any atom is 0.170 e. The second-order valence-corrected chi connectivity index (χ2v) is 4.54. The van der Waals surface area contributed by atoms with E-state index in [0.29, 0.717) is 0 Å². The van der Waals surface area contributed by atoms with Gasteiger partial charge in [0.15, 0.2) is 5.84 Å². The Balaban J connectivity index is 2.48. The van der Waals surface area contributed by atoms with Crippen molar-refractivity contribution in [2.45, 2.75) is 19.9 Å². The van der Waals surface area contributed by atoms with Gasteiger partial charge in [0.25, 0.3) is 0 Å². The van der Waals surface area contributed by atoms with E-state index in [1.165, 1.54) is 0 Å². The van der Waals surface area contributed by atoms with E-state index in [0.717, 1.165) is 43.9 Å². The van der Waals surface area contributed by atoms with Crippen molar-refractivity contribution in [3.05, 3.63) is 35.4 Å². The Morgan fingerprint density at radius 1 is 1.42 bits per heavy atom. The molecule has 0 aliphatic rings. The van der Waals surface area contributed by atoms with Gasteiger partial charge in [-0.1, -0.05) is 30.3 Å². The molecular formula is C14H23N3O2. The summed E-state index contributed by atoms with van der Waals surface area (Å²) in [5, 5.41) is 11.7. The van der Waals surface area contributed by atoms with Gasteiger partial charge in [0.1, 0.15) is 0 Å². The molecule has 0 bridgehead atoms. The molecule has 3 N–H and O–H groups in total. The SMILES string of the molecule is CCCOCCN(C)Cc1cccc(/C(N)=N/O)c1. The minimum absolute atomic E-state index is 0.135. The fourth-order valence-electron chi connectivity index (χ4n) is 1.74. The number of likely N-dealkylation sites (N-methyl/N-ethyl adjacent to an activating group) is 1. The van der Waals surface area contributed by atoms with Crippen molar-refractivity contribution in [2.75, 3.05) is 26.8 Å². The van der Waals surface area contributed by atoms with Crippen molar-refractivity contribution in [3.63, 3.8) is 0 Å². The first kappa shape index (κ1) is 15.5. The average molecular weight is 265 g/mol. The summed E-state index contributed by atoms with van der Waals surface area (Å²) in [6.45, 7) is 5.34. The molecule has 0 spiro atoms. The van der Waals surface area contributed by atoms with Crippen molar-refractivity contribution >= 4 is 5.84 Å². The molecule has 1 aromatic rings. The predicted molar refractivity (Wildman–Crippen MR) is 76.4 cm³/mol.